The molecule has 2 aromatic rings. The molecule has 2 nitrogen and oxygen atoms in total. The summed E-state index contributed by atoms with van der Waals surface area (Å²) in [4.78, 5) is 0. The van der Waals surface area contributed by atoms with Crippen LogP contribution in [0, 0.1) is 0 Å². The molecule has 1 aromatic carbocycles. The van der Waals surface area contributed by atoms with Crippen molar-refractivity contribution < 1.29 is 0 Å². The van der Waals surface area contributed by atoms with Gasteiger partial charge in [0, 0.05) is 16.8 Å². The smallest absolute Gasteiger partial charge is 0.121 e. The lowest BCUT2D eigenvalue weighted by Gasteiger charge is -1.98. The molecule has 0 saturated carbocycles. The van der Waals surface area contributed by atoms with Gasteiger partial charge in [0.25, 0.3) is 0 Å². The van der Waals surface area contributed by atoms with Crippen molar-refractivity contribution in [3.63, 3.8) is 0 Å². The van der Waals surface area contributed by atoms with Crippen LogP contribution in [0.2, 0.25) is 0 Å². The van der Waals surface area contributed by atoms with Crippen molar-refractivity contribution in [2.75, 3.05) is 0 Å². The van der Waals surface area contributed by atoms with Gasteiger partial charge in [-0.25, -0.2) is 0 Å². The van der Waals surface area contributed by atoms with Gasteiger partial charge in [-0.05, 0) is 17.7 Å². The van der Waals surface area contributed by atoms with Crippen LogP contribution in [0.4, 0.5) is 0 Å². The second-order valence-electron chi connectivity index (χ2n) is 4.00. The normalized spacial score (nSPS) is 11.0. The quantitative estimate of drug-likeness (QED) is 0.855. The summed E-state index contributed by atoms with van der Waals surface area (Å²) >= 11 is 5.18. The van der Waals surface area contributed by atoms with Crippen LogP contribution in [0.3, 0.4) is 0 Å². The van der Waals surface area contributed by atoms with E-state index in [1.807, 2.05) is 12.1 Å². The molecule has 0 N–H and O–H groups in total. The Balaban J connectivity index is 2.14. The van der Waals surface area contributed by atoms with E-state index in [0.717, 1.165) is 20.9 Å². The van der Waals surface area contributed by atoms with Gasteiger partial charge in [-0.1, -0.05) is 41.9 Å². The van der Waals surface area contributed by atoms with Crippen molar-refractivity contribution >= 4 is 27.3 Å². The fourth-order valence-corrected chi connectivity index (χ4v) is 2.72. The molecule has 1 heterocycles. The first-order valence-corrected chi connectivity index (χ1v) is 6.83. The molecule has 0 aliphatic heterocycles. The predicted octanol–water partition coefficient (Wildman–Crippen LogP) is 4.01. The largest absolute Gasteiger partial charge is 0.143 e. The fraction of sp³-hybridized carbons (Fsp3) is 0.333. The number of hydrogen-bond acceptors (Lipinski definition) is 3. The molecule has 0 aliphatic carbocycles. The molecular formula is C12H13BrN2S. The van der Waals surface area contributed by atoms with E-state index in [1.165, 1.54) is 5.56 Å². The minimum absolute atomic E-state index is 0.466. The summed E-state index contributed by atoms with van der Waals surface area (Å²) in [7, 11) is 0. The molecule has 0 amide bonds. The van der Waals surface area contributed by atoms with Crippen LogP contribution in [-0.4, -0.2) is 10.2 Å². The van der Waals surface area contributed by atoms with Crippen molar-refractivity contribution in [3.8, 4) is 0 Å². The summed E-state index contributed by atoms with van der Waals surface area (Å²) < 4.78 is 1.11. The van der Waals surface area contributed by atoms with Crippen molar-refractivity contribution in [1.29, 1.82) is 0 Å². The number of rotatable bonds is 3. The topological polar surface area (TPSA) is 25.8 Å². The lowest BCUT2D eigenvalue weighted by Crippen LogP contribution is -1.87. The Bertz CT molecular complexity index is 479. The maximum atomic E-state index is 4.22. The van der Waals surface area contributed by atoms with Gasteiger partial charge in [-0.15, -0.1) is 21.5 Å². The summed E-state index contributed by atoms with van der Waals surface area (Å²) in [5.74, 6) is 0.466. The van der Waals surface area contributed by atoms with Gasteiger partial charge in [0.2, 0.25) is 0 Å². The maximum absolute atomic E-state index is 4.22. The summed E-state index contributed by atoms with van der Waals surface area (Å²) in [6.07, 6.45) is 0.865. The Kier molecular flexibility index (Phi) is 3.71. The van der Waals surface area contributed by atoms with Crippen LogP contribution >= 0.6 is 27.3 Å². The number of hydrogen-bond donors (Lipinski definition) is 0. The van der Waals surface area contributed by atoms with Gasteiger partial charge in [0.15, 0.2) is 0 Å². The van der Waals surface area contributed by atoms with Crippen molar-refractivity contribution in [3.05, 3.63) is 44.3 Å². The molecule has 0 radical (unpaired) electrons. The van der Waals surface area contributed by atoms with Crippen LogP contribution in [0.1, 0.15) is 35.3 Å². The average molecular weight is 297 g/mol. The van der Waals surface area contributed by atoms with E-state index in [-0.39, 0.29) is 0 Å². The molecule has 4 heteroatoms. The van der Waals surface area contributed by atoms with Crippen LogP contribution in [-0.2, 0) is 6.42 Å². The zero-order valence-corrected chi connectivity index (χ0v) is 11.7. The van der Waals surface area contributed by atoms with Crippen LogP contribution < -0.4 is 0 Å². The first-order valence-electron chi connectivity index (χ1n) is 5.22. The second-order valence-corrected chi connectivity index (χ2v) is 6.00. The van der Waals surface area contributed by atoms with E-state index in [2.05, 4.69) is 52.1 Å². The Morgan fingerprint density at radius 3 is 2.75 bits per heavy atom. The minimum atomic E-state index is 0.466. The van der Waals surface area contributed by atoms with Gasteiger partial charge < -0.3 is 0 Å². The van der Waals surface area contributed by atoms with E-state index >= 15 is 0 Å². The third-order valence-electron chi connectivity index (χ3n) is 2.22. The highest BCUT2D eigenvalue weighted by Crippen LogP contribution is 2.22. The third-order valence-corrected chi connectivity index (χ3v) is 3.94. The zero-order valence-electron chi connectivity index (χ0n) is 9.27. The summed E-state index contributed by atoms with van der Waals surface area (Å²) in [5.41, 5.74) is 1.26. The molecule has 0 unspecified atom stereocenters. The third kappa shape index (κ3) is 2.89. The highest BCUT2D eigenvalue weighted by atomic mass is 79.9. The van der Waals surface area contributed by atoms with E-state index in [9.17, 15) is 0 Å². The molecule has 16 heavy (non-hydrogen) atoms. The molecule has 0 saturated heterocycles. The van der Waals surface area contributed by atoms with Gasteiger partial charge >= 0.3 is 0 Å². The van der Waals surface area contributed by atoms with E-state index in [0.29, 0.717) is 5.92 Å². The monoisotopic (exact) mass is 296 g/mol. The van der Waals surface area contributed by atoms with E-state index in [4.69, 9.17) is 0 Å². The Morgan fingerprint density at radius 1 is 1.31 bits per heavy atom. The van der Waals surface area contributed by atoms with E-state index in [1.54, 1.807) is 11.3 Å². The highest BCUT2D eigenvalue weighted by molar-refractivity contribution is 9.10. The second kappa shape index (κ2) is 5.06. The fourth-order valence-electron chi connectivity index (χ4n) is 1.39. The summed E-state index contributed by atoms with van der Waals surface area (Å²) in [6.45, 7) is 4.28. The average Bonchev–Trinajstić information content (AvgIpc) is 2.66. The molecule has 1 aromatic heterocycles. The number of aromatic nitrogens is 2. The molecule has 0 bridgehead atoms. The molecule has 0 aliphatic rings. The molecule has 0 fully saturated rings. The van der Waals surface area contributed by atoms with Crippen molar-refractivity contribution in [1.82, 2.24) is 10.2 Å². The Hall–Kier alpha value is -0.740. The number of nitrogens with zero attached hydrogens (tertiary/aromatic N) is 2. The summed E-state index contributed by atoms with van der Waals surface area (Å²) in [6, 6.07) is 8.31. The molecule has 0 atom stereocenters. The number of benzene rings is 1. The van der Waals surface area contributed by atoms with Gasteiger partial charge in [-0.3, -0.25) is 0 Å². The Labute approximate surface area is 108 Å². The van der Waals surface area contributed by atoms with Crippen molar-refractivity contribution in [2.45, 2.75) is 26.2 Å². The zero-order chi connectivity index (χ0) is 11.5. The molecule has 2 rings (SSSR count). The lowest BCUT2D eigenvalue weighted by atomic mass is 10.2. The maximum Gasteiger partial charge on any atom is 0.121 e. The molecule has 0 spiro atoms. The first kappa shape index (κ1) is 11.7. The van der Waals surface area contributed by atoms with Crippen LogP contribution in [0.25, 0.3) is 0 Å². The first-order chi connectivity index (χ1) is 7.65. The van der Waals surface area contributed by atoms with Crippen LogP contribution in [0.5, 0.6) is 0 Å². The van der Waals surface area contributed by atoms with Crippen LogP contribution in [0.15, 0.2) is 28.7 Å². The number of halogens is 1. The minimum Gasteiger partial charge on any atom is -0.143 e. The lowest BCUT2D eigenvalue weighted by molar-refractivity contribution is 0.819. The standard InChI is InChI=1S/C12H13BrN2S/c1-8(2)12-15-14-11(16-12)7-9-4-3-5-10(13)6-9/h3-6,8H,7H2,1-2H3. The predicted molar refractivity (Wildman–Crippen MR) is 70.9 cm³/mol. The highest BCUT2D eigenvalue weighted by Gasteiger charge is 2.08. The SMILES string of the molecule is CC(C)c1nnc(Cc2cccc(Br)c2)s1. The van der Waals surface area contributed by atoms with Gasteiger partial charge in [0.1, 0.15) is 10.0 Å². The van der Waals surface area contributed by atoms with Gasteiger partial charge in [-0.2, -0.15) is 0 Å². The van der Waals surface area contributed by atoms with E-state index < -0.39 is 0 Å². The Morgan fingerprint density at radius 2 is 2.12 bits per heavy atom. The molecular weight excluding hydrogens is 284 g/mol. The van der Waals surface area contributed by atoms with Gasteiger partial charge in [0.05, 0.1) is 0 Å². The summed E-state index contributed by atoms with van der Waals surface area (Å²) in [5, 5.41) is 10.6. The van der Waals surface area contributed by atoms with Crippen molar-refractivity contribution in [2.24, 2.45) is 0 Å². The molecule has 84 valence electrons.